The summed E-state index contributed by atoms with van der Waals surface area (Å²) in [5.74, 6) is -2.70. The minimum atomic E-state index is -4.25. The lowest BCUT2D eigenvalue weighted by atomic mass is 9.77. The normalized spacial score (nSPS) is 15.0. The highest BCUT2D eigenvalue weighted by Gasteiger charge is 2.54. The number of hydrogen-bond acceptors (Lipinski definition) is 7. The Hall–Kier alpha value is -2.26. The molecular weight excluding hydrogens is 410 g/mol. The van der Waals surface area contributed by atoms with Crippen molar-refractivity contribution in [2.75, 3.05) is 6.61 Å². The maximum absolute atomic E-state index is 13.0. The van der Waals surface area contributed by atoms with Crippen molar-refractivity contribution in [3.63, 3.8) is 0 Å². The molecule has 0 aliphatic carbocycles. The van der Waals surface area contributed by atoms with Crippen LogP contribution in [0.2, 0.25) is 0 Å². The molecule has 0 saturated carbocycles. The smallest absolute Gasteiger partial charge is 0.325 e. The first-order valence-electron chi connectivity index (χ1n) is 9.71. The van der Waals surface area contributed by atoms with Crippen LogP contribution in [-0.2, 0) is 33.9 Å². The largest absolute Gasteiger partial charge is 0.465 e. The van der Waals surface area contributed by atoms with E-state index in [4.69, 9.17) is 9.47 Å². The van der Waals surface area contributed by atoms with E-state index in [2.05, 4.69) is 4.72 Å². The first kappa shape index (κ1) is 25.8. The lowest BCUT2D eigenvalue weighted by Crippen LogP contribution is -2.60. The highest BCUT2D eigenvalue weighted by molar-refractivity contribution is 7.89. The summed E-state index contributed by atoms with van der Waals surface area (Å²) >= 11 is 0. The Labute approximate surface area is 178 Å². The molecule has 0 aliphatic rings. The monoisotopic (exact) mass is 441 g/mol. The van der Waals surface area contributed by atoms with Gasteiger partial charge in [0.1, 0.15) is 11.6 Å². The van der Waals surface area contributed by atoms with E-state index < -0.39 is 44.8 Å². The van der Waals surface area contributed by atoms with E-state index in [1.807, 2.05) is 0 Å². The number of aryl methyl sites for hydroxylation is 1. The van der Waals surface area contributed by atoms with E-state index in [0.29, 0.717) is 0 Å². The second-order valence-corrected chi connectivity index (χ2v) is 9.81. The number of sulfonamides is 1. The topological polar surface area (TPSA) is 116 Å². The molecule has 168 valence electrons. The van der Waals surface area contributed by atoms with Gasteiger partial charge in [0.05, 0.1) is 11.5 Å². The van der Waals surface area contributed by atoms with Gasteiger partial charge in [0.25, 0.3) is 0 Å². The minimum absolute atomic E-state index is 0.0632. The van der Waals surface area contributed by atoms with Crippen LogP contribution >= 0.6 is 0 Å². The number of nitrogens with one attached hydrogen (secondary N) is 1. The van der Waals surface area contributed by atoms with Crippen LogP contribution in [0.3, 0.4) is 0 Å². The van der Waals surface area contributed by atoms with Crippen LogP contribution < -0.4 is 4.72 Å². The first-order valence-corrected chi connectivity index (χ1v) is 11.2. The lowest BCUT2D eigenvalue weighted by Gasteiger charge is -2.35. The summed E-state index contributed by atoms with van der Waals surface area (Å²) in [6.07, 6.45) is -0.113. The molecular formula is C21H31NO7S. The fourth-order valence-corrected chi connectivity index (χ4v) is 3.98. The molecule has 1 aromatic rings. The van der Waals surface area contributed by atoms with Crippen LogP contribution in [0.1, 0.15) is 53.5 Å². The van der Waals surface area contributed by atoms with Crippen molar-refractivity contribution in [1.29, 1.82) is 0 Å². The number of benzene rings is 1. The zero-order valence-corrected chi connectivity index (χ0v) is 19.4. The Morgan fingerprint density at radius 3 is 2.00 bits per heavy atom. The van der Waals surface area contributed by atoms with Gasteiger partial charge in [-0.05, 0) is 53.7 Å². The summed E-state index contributed by atoms with van der Waals surface area (Å²) in [4.78, 5) is 38.5. The molecule has 0 spiro atoms. The first-order chi connectivity index (χ1) is 13.7. The number of ketones is 1. The van der Waals surface area contributed by atoms with Crippen molar-refractivity contribution in [1.82, 2.24) is 4.72 Å². The van der Waals surface area contributed by atoms with Crippen molar-refractivity contribution in [2.24, 2.45) is 5.41 Å². The van der Waals surface area contributed by atoms with Crippen molar-refractivity contribution in [3.8, 4) is 0 Å². The Kier molecular flexibility index (Phi) is 8.33. The molecule has 9 heteroatoms. The van der Waals surface area contributed by atoms with Gasteiger partial charge in [-0.3, -0.25) is 14.4 Å². The summed E-state index contributed by atoms with van der Waals surface area (Å²) in [6.45, 7) is 10.8. The molecule has 0 heterocycles. The summed E-state index contributed by atoms with van der Waals surface area (Å²) in [5.41, 5.74) is -2.23. The van der Waals surface area contributed by atoms with Gasteiger partial charge in [-0.15, -0.1) is 0 Å². The van der Waals surface area contributed by atoms with Crippen LogP contribution in [0, 0.1) is 12.3 Å². The number of esters is 2. The number of Topliss-reactive ketones (excluding diaryl/α,β-unsaturated/α-hetero) is 1. The van der Waals surface area contributed by atoms with E-state index in [9.17, 15) is 22.8 Å². The van der Waals surface area contributed by atoms with Gasteiger partial charge in [0.2, 0.25) is 10.0 Å². The third-order valence-corrected chi connectivity index (χ3v) is 5.87. The zero-order valence-electron chi connectivity index (χ0n) is 18.6. The Morgan fingerprint density at radius 2 is 1.57 bits per heavy atom. The van der Waals surface area contributed by atoms with Crippen LogP contribution in [0.4, 0.5) is 0 Å². The third-order valence-electron chi connectivity index (χ3n) is 4.43. The molecule has 0 saturated heterocycles. The average Bonchev–Trinajstić information content (AvgIpc) is 2.64. The van der Waals surface area contributed by atoms with Crippen LogP contribution in [-0.4, -0.2) is 44.4 Å². The second kappa shape index (κ2) is 9.70. The molecule has 1 aromatic carbocycles. The van der Waals surface area contributed by atoms with E-state index in [1.165, 1.54) is 32.9 Å². The Morgan fingerprint density at radius 1 is 1.03 bits per heavy atom. The maximum atomic E-state index is 13.0. The van der Waals surface area contributed by atoms with Gasteiger partial charge >= 0.3 is 11.9 Å². The van der Waals surface area contributed by atoms with Crippen LogP contribution in [0.15, 0.2) is 29.2 Å². The van der Waals surface area contributed by atoms with Crippen molar-refractivity contribution >= 4 is 27.7 Å². The molecule has 0 radical (unpaired) electrons. The standard InChI is InChI=1S/C21H31NO7S/c1-8-16(23)21(7,19(25)29-20(4,5)6)17(18(24)28-9-2)22-30(26,27)15-12-10-14(3)11-13-15/h10-13,17,22H,8-9H2,1-7H3. The summed E-state index contributed by atoms with van der Waals surface area (Å²) in [5, 5.41) is 0. The number of ether oxygens (including phenoxy) is 2. The molecule has 0 amide bonds. The molecule has 0 bridgehead atoms. The van der Waals surface area contributed by atoms with Gasteiger partial charge in [0, 0.05) is 6.42 Å². The predicted molar refractivity (Wildman–Crippen MR) is 111 cm³/mol. The Balaban J connectivity index is 3.54. The van der Waals surface area contributed by atoms with Crippen molar-refractivity contribution in [3.05, 3.63) is 29.8 Å². The van der Waals surface area contributed by atoms with E-state index in [-0.39, 0.29) is 17.9 Å². The van der Waals surface area contributed by atoms with E-state index in [0.717, 1.165) is 5.56 Å². The third kappa shape index (κ3) is 6.12. The minimum Gasteiger partial charge on any atom is -0.465 e. The Bertz CT molecular complexity index is 885. The molecule has 2 unspecified atom stereocenters. The SMILES string of the molecule is CCOC(=O)C(NS(=O)(=O)c1ccc(C)cc1)C(C)(C(=O)CC)C(=O)OC(C)(C)C. The number of carbonyl (C=O) groups excluding carboxylic acids is 3. The second-order valence-electron chi connectivity index (χ2n) is 8.10. The molecule has 2 atom stereocenters. The van der Waals surface area contributed by atoms with Gasteiger partial charge < -0.3 is 9.47 Å². The van der Waals surface area contributed by atoms with Gasteiger partial charge in [0.15, 0.2) is 11.2 Å². The molecule has 0 aliphatic heterocycles. The highest BCUT2D eigenvalue weighted by atomic mass is 32.2. The summed E-state index contributed by atoms with van der Waals surface area (Å²) in [7, 11) is -4.25. The van der Waals surface area contributed by atoms with Crippen LogP contribution in [0.25, 0.3) is 0 Å². The maximum Gasteiger partial charge on any atom is 0.325 e. The van der Waals surface area contributed by atoms with Gasteiger partial charge in [-0.25, -0.2) is 8.42 Å². The fourth-order valence-electron chi connectivity index (χ4n) is 2.71. The quantitative estimate of drug-likeness (QED) is 0.462. The molecule has 8 nitrogen and oxygen atoms in total. The zero-order chi connectivity index (χ0) is 23.3. The van der Waals surface area contributed by atoms with Crippen LogP contribution in [0.5, 0.6) is 0 Å². The van der Waals surface area contributed by atoms with E-state index >= 15 is 0 Å². The predicted octanol–water partition coefficient (Wildman–Crippen LogP) is 2.53. The molecule has 0 fully saturated rings. The molecule has 1 rings (SSSR count). The number of rotatable bonds is 9. The highest BCUT2D eigenvalue weighted by Crippen LogP contribution is 2.31. The lowest BCUT2D eigenvalue weighted by molar-refractivity contribution is -0.176. The number of hydrogen-bond donors (Lipinski definition) is 1. The molecule has 30 heavy (non-hydrogen) atoms. The van der Waals surface area contributed by atoms with Gasteiger partial charge in [-0.1, -0.05) is 24.6 Å². The summed E-state index contributed by atoms with van der Waals surface area (Å²) < 4.78 is 38.5. The van der Waals surface area contributed by atoms with Gasteiger partial charge in [-0.2, -0.15) is 4.72 Å². The number of carbonyl (C=O) groups is 3. The molecule has 1 N–H and O–H groups in total. The molecule has 0 aromatic heterocycles. The average molecular weight is 442 g/mol. The van der Waals surface area contributed by atoms with Crippen molar-refractivity contribution in [2.45, 2.75) is 71.4 Å². The summed E-state index contributed by atoms with van der Waals surface area (Å²) in [6, 6.07) is 4.13. The van der Waals surface area contributed by atoms with E-state index in [1.54, 1.807) is 39.8 Å². The fraction of sp³-hybridized carbons (Fsp3) is 0.571. The van der Waals surface area contributed by atoms with Crippen molar-refractivity contribution < 1.29 is 32.3 Å².